The van der Waals surface area contributed by atoms with Crippen LogP contribution in [0, 0.1) is 0 Å². The van der Waals surface area contributed by atoms with Crippen LogP contribution in [0.25, 0.3) is 38.3 Å². The van der Waals surface area contributed by atoms with E-state index >= 15 is 0 Å². The first kappa shape index (κ1) is 28.6. The lowest BCUT2D eigenvalue weighted by molar-refractivity contribution is 1.18. The summed E-state index contributed by atoms with van der Waals surface area (Å²) in [4.78, 5) is 4.67. The van der Waals surface area contributed by atoms with Crippen molar-refractivity contribution in [1.82, 2.24) is 4.57 Å². The van der Waals surface area contributed by atoms with Gasteiger partial charge in [-0.1, -0.05) is 103 Å². The molecule has 0 saturated carbocycles. The number of aromatic nitrogens is 1. The normalized spacial score (nSPS) is 11.3. The average molecular weight is 628 g/mol. The topological polar surface area (TPSA) is 11.4 Å². The second-order valence-corrected chi connectivity index (χ2v) is 12.3. The van der Waals surface area contributed by atoms with Gasteiger partial charge < -0.3 is 14.4 Å². The number of anilines is 6. The van der Waals surface area contributed by atoms with E-state index in [-0.39, 0.29) is 0 Å². The maximum absolute atomic E-state index is 2.36. The lowest BCUT2D eigenvalue weighted by Crippen LogP contribution is -2.12. The molecule has 0 unspecified atom stereocenters. The Morgan fingerprint density at radius 3 is 1.39 bits per heavy atom. The molecular weight excluding hydrogens is 595 g/mol. The third kappa shape index (κ3) is 5.18. The molecule has 1 heterocycles. The van der Waals surface area contributed by atoms with Gasteiger partial charge in [0.2, 0.25) is 0 Å². The summed E-state index contributed by atoms with van der Waals surface area (Å²) in [6, 6.07) is 71.5. The number of hydrogen-bond acceptors (Lipinski definition) is 2. The molecule has 1 aromatic heterocycles. The number of para-hydroxylation sites is 4. The molecule has 9 rings (SSSR count). The highest BCUT2D eigenvalue weighted by molar-refractivity contribution is 6.10. The Kier molecular flexibility index (Phi) is 7.14. The number of benzene rings is 8. The van der Waals surface area contributed by atoms with Crippen LogP contribution in [0.15, 0.2) is 200 Å². The average Bonchev–Trinajstić information content (AvgIpc) is 3.51. The monoisotopic (exact) mass is 627 g/mol. The van der Waals surface area contributed by atoms with Crippen molar-refractivity contribution in [3.63, 3.8) is 0 Å². The van der Waals surface area contributed by atoms with Crippen LogP contribution in [-0.4, -0.2) is 4.57 Å². The highest BCUT2D eigenvalue weighted by atomic mass is 15.2. The molecular formula is C46H33N3. The molecule has 9 aromatic rings. The fraction of sp³-hybridized carbons (Fsp3) is 0. The van der Waals surface area contributed by atoms with E-state index in [0.717, 1.165) is 39.8 Å². The van der Waals surface area contributed by atoms with Gasteiger partial charge in [-0.15, -0.1) is 0 Å². The molecule has 3 nitrogen and oxygen atoms in total. The van der Waals surface area contributed by atoms with Gasteiger partial charge in [-0.25, -0.2) is 0 Å². The molecule has 0 aliphatic carbocycles. The van der Waals surface area contributed by atoms with E-state index in [1.54, 1.807) is 0 Å². The van der Waals surface area contributed by atoms with Crippen LogP contribution in [0.3, 0.4) is 0 Å². The zero-order chi connectivity index (χ0) is 32.6. The Hall–Kier alpha value is -6.58. The fourth-order valence-electron chi connectivity index (χ4n) is 7.07. The maximum atomic E-state index is 2.36. The minimum atomic E-state index is 1.09. The lowest BCUT2D eigenvalue weighted by atomic mass is 10.1. The summed E-state index contributed by atoms with van der Waals surface area (Å²) < 4.78 is 2.36. The minimum Gasteiger partial charge on any atom is -0.310 e. The van der Waals surface area contributed by atoms with Gasteiger partial charge in [0.15, 0.2) is 0 Å². The fourth-order valence-corrected chi connectivity index (χ4v) is 7.07. The molecule has 232 valence electrons. The summed E-state index contributed by atoms with van der Waals surface area (Å²) in [5.74, 6) is 0. The molecule has 0 saturated heterocycles. The molecule has 0 N–H and O–H groups in total. The van der Waals surface area contributed by atoms with Gasteiger partial charge in [-0.05, 0) is 108 Å². The van der Waals surface area contributed by atoms with E-state index in [4.69, 9.17) is 0 Å². The first-order chi connectivity index (χ1) is 24.3. The molecule has 0 spiro atoms. The SMILES string of the molecule is c1ccc(N(c2ccc(N(c3ccccc3)c3ccc4c(c3)c3ccccc3n4-c3ccccc3)cc2)c2ccc3ccccc3c2)cc1. The number of rotatable bonds is 7. The predicted octanol–water partition coefficient (Wildman–Crippen LogP) is 12.9. The van der Waals surface area contributed by atoms with Crippen molar-refractivity contribution in [3.8, 4) is 5.69 Å². The van der Waals surface area contributed by atoms with Gasteiger partial charge in [0.1, 0.15) is 0 Å². The van der Waals surface area contributed by atoms with Crippen LogP contribution in [0.5, 0.6) is 0 Å². The minimum absolute atomic E-state index is 1.09. The second kappa shape index (κ2) is 12.2. The van der Waals surface area contributed by atoms with Crippen molar-refractivity contribution in [1.29, 1.82) is 0 Å². The predicted molar refractivity (Wildman–Crippen MR) is 208 cm³/mol. The largest absolute Gasteiger partial charge is 0.310 e. The van der Waals surface area contributed by atoms with Crippen molar-refractivity contribution in [3.05, 3.63) is 200 Å². The molecule has 0 fully saturated rings. The molecule has 0 amide bonds. The summed E-state index contributed by atoms with van der Waals surface area (Å²) in [6.45, 7) is 0. The zero-order valence-electron chi connectivity index (χ0n) is 26.9. The Bertz CT molecular complexity index is 2540. The number of nitrogens with zero attached hydrogens (tertiary/aromatic N) is 3. The van der Waals surface area contributed by atoms with Crippen LogP contribution in [0.4, 0.5) is 34.1 Å². The standard InChI is InChI=1S/C46H33N3/c1-4-16-36(17-5-1)47(41-25-24-34-14-10-11-15-35(34)32-41)39-26-28-40(29-27-39)48(37-18-6-2-7-19-37)42-30-31-46-44(33-42)43-22-12-13-23-45(43)49(46)38-20-8-3-9-21-38/h1-33H. The highest BCUT2D eigenvalue weighted by Crippen LogP contribution is 2.42. The van der Waals surface area contributed by atoms with E-state index in [0.29, 0.717) is 0 Å². The highest BCUT2D eigenvalue weighted by Gasteiger charge is 2.18. The van der Waals surface area contributed by atoms with Gasteiger partial charge in [0.05, 0.1) is 11.0 Å². The third-order valence-corrected chi connectivity index (χ3v) is 9.31. The van der Waals surface area contributed by atoms with E-state index in [1.807, 2.05) is 0 Å². The first-order valence-electron chi connectivity index (χ1n) is 16.7. The van der Waals surface area contributed by atoms with Crippen LogP contribution in [0.2, 0.25) is 0 Å². The van der Waals surface area contributed by atoms with Crippen molar-refractivity contribution < 1.29 is 0 Å². The summed E-state index contributed by atoms with van der Waals surface area (Å²) in [5, 5.41) is 4.91. The summed E-state index contributed by atoms with van der Waals surface area (Å²) in [6.07, 6.45) is 0. The Labute approximate surface area is 286 Å². The molecule has 0 aliphatic rings. The van der Waals surface area contributed by atoms with E-state index in [2.05, 4.69) is 215 Å². The Morgan fingerprint density at radius 1 is 0.286 bits per heavy atom. The van der Waals surface area contributed by atoms with Gasteiger partial charge >= 0.3 is 0 Å². The molecule has 8 aromatic carbocycles. The summed E-state index contributed by atoms with van der Waals surface area (Å²) in [5.41, 5.74) is 10.2. The van der Waals surface area contributed by atoms with Gasteiger partial charge in [0.25, 0.3) is 0 Å². The van der Waals surface area contributed by atoms with Crippen molar-refractivity contribution >= 4 is 66.7 Å². The second-order valence-electron chi connectivity index (χ2n) is 12.3. The summed E-state index contributed by atoms with van der Waals surface area (Å²) >= 11 is 0. The first-order valence-corrected chi connectivity index (χ1v) is 16.7. The quantitative estimate of drug-likeness (QED) is 0.174. The summed E-state index contributed by atoms with van der Waals surface area (Å²) in [7, 11) is 0. The maximum Gasteiger partial charge on any atom is 0.0542 e. The molecule has 0 atom stereocenters. The van der Waals surface area contributed by atoms with Crippen molar-refractivity contribution in [2.75, 3.05) is 9.80 Å². The van der Waals surface area contributed by atoms with E-state index < -0.39 is 0 Å². The number of hydrogen-bond donors (Lipinski definition) is 0. The lowest BCUT2D eigenvalue weighted by Gasteiger charge is -2.28. The molecule has 3 heteroatoms. The third-order valence-electron chi connectivity index (χ3n) is 9.31. The van der Waals surface area contributed by atoms with Gasteiger partial charge in [-0.3, -0.25) is 0 Å². The van der Waals surface area contributed by atoms with Crippen LogP contribution < -0.4 is 9.80 Å². The van der Waals surface area contributed by atoms with E-state index in [1.165, 1.54) is 32.6 Å². The van der Waals surface area contributed by atoms with E-state index in [9.17, 15) is 0 Å². The molecule has 49 heavy (non-hydrogen) atoms. The van der Waals surface area contributed by atoms with Gasteiger partial charge in [-0.2, -0.15) is 0 Å². The Balaban J connectivity index is 1.17. The van der Waals surface area contributed by atoms with Crippen LogP contribution >= 0.6 is 0 Å². The van der Waals surface area contributed by atoms with Crippen LogP contribution in [0.1, 0.15) is 0 Å². The molecule has 0 radical (unpaired) electrons. The van der Waals surface area contributed by atoms with Crippen LogP contribution in [-0.2, 0) is 0 Å². The van der Waals surface area contributed by atoms with Gasteiger partial charge in [0, 0.05) is 50.6 Å². The zero-order valence-corrected chi connectivity index (χ0v) is 26.9. The van der Waals surface area contributed by atoms with Crippen molar-refractivity contribution in [2.24, 2.45) is 0 Å². The molecule has 0 aliphatic heterocycles. The molecule has 0 bridgehead atoms. The van der Waals surface area contributed by atoms with Crippen molar-refractivity contribution in [2.45, 2.75) is 0 Å². The smallest absolute Gasteiger partial charge is 0.0542 e. The Morgan fingerprint density at radius 2 is 0.735 bits per heavy atom. The number of fused-ring (bicyclic) bond motifs is 4.